The Hall–Kier alpha value is -2.62. The second-order valence-electron chi connectivity index (χ2n) is 6.78. The van der Waals surface area contributed by atoms with E-state index >= 15 is 0 Å². The molecule has 0 bridgehead atoms. The molecule has 0 saturated carbocycles. The molecule has 0 aliphatic carbocycles. The fourth-order valence-electron chi connectivity index (χ4n) is 3.24. The zero-order valence-electron chi connectivity index (χ0n) is 14.7. The third-order valence-electron chi connectivity index (χ3n) is 4.59. The van der Waals surface area contributed by atoms with Crippen molar-refractivity contribution >= 4 is 17.5 Å². The molecule has 130 valence electrons. The van der Waals surface area contributed by atoms with E-state index in [0.29, 0.717) is 6.54 Å². The summed E-state index contributed by atoms with van der Waals surface area (Å²) in [6.07, 6.45) is 1.61. The van der Waals surface area contributed by atoms with E-state index in [2.05, 4.69) is 17.4 Å². The van der Waals surface area contributed by atoms with Crippen molar-refractivity contribution in [1.82, 2.24) is 4.90 Å². The Morgan fingerprint density at radius 2 is 1.64 bits per heavy atom. The van der Waals surface area contributed by atoms with Crippen molar-refractivity contribution in [1.29, 1.82) is 0 Å². The quantitative estimate of drug-likeness (QED) is 0.919. The molecular weight excluding hydrogens is 312 g/mol. The highest BCUT2D eigenvalue weighted by molar-refractivity contribution is 5.97. The number of nitrogens with zero attached hydrogens (tertiary/aromatic N) is 1. The predicted molar refractivity (Wildman–Crippen MR) is 100 cm³/mol. The normalized spacial score (nSPS) is 16.9. The van der Waals surface area contributed by atoms with E-state index in [1.54, 1.807) is 4.90 Å². The number of carbonyl (C=O) groups excluding carboxylic acids is 2. The Bertz CT molecular complexity index is 738. The van der Waals surface area contributed by atoms with Crippen molar-refractivity contribution < 1.29 is 9.59 Å². The lowest BCUT2D eigenvalue weighted by Gasteiger charge is -2.25. The summed E-state index contributed by atoms with van der Waals surface area (Å²) in [5.41, 5.74) is 3.01. The van der Waals surface area contributed by atoms with E-state index in [4.69, 9.17) is 0 Å². The molecule has 0 spiro atoms. The van der Waals surface area contributed by atoms with Crippen LogP contribution >= 0.6 is 0 Å². The average Bonchev–Trinajstić information content (AvgIpc) is 3.12. The van der Waals surface area contributed by atoms with Crippen LogP contribution in [0.1, 0.15) is 26.7 Å². The number of rotatable bonds is 4. The number of hydrogen-bond acceptors (Lipinski definition) is 2. The molecule has 3 rings (SSSR count). The number of benzene rings is 2. The molecule has 4 nitrogen and oxygen atoms in total. The summed E-state index contributed by atoms with van der Waals surface area (Å²) in [7, 11) is 0. The minimum Gasteiger partial charge on any atom is -0.330 e. The summed E-state index contributed by atoms with van der Waals surface area (Å²) >= 11 is 0. The first kappa shape index (κ1) is 17.2. The Morgan fingerprint density at radius 3 is 2.28 bits per heavy atom. The molecule has 2 amide bonds. The molecule has 0 aromatic heterocycles. The van der Waals surface area contributed by atoms with E-state index < -0.39 is 0 Å². The van der Waals surface area contributed by atoms with Crippen LogP contribution in [0.25, 0.3) is 11.1 Å². The van der Waals surface area contributed by atoms with Crippen molar-refractivity contribution in [3.63, 3.8) is 0 Å². The number of carbonyl (C=O) groups is 2. The van der Waals surface area contributed by atoms with Crippen LogP contribution in [0, 0.1) is 5.92 Å². The molecule has 2 aromatic rings. The summed E-state index contributed by atoms with van der Waals surface area (Å²) < 4.78 is 0. The van der Waals surface area contributed by atoms with Gasteiger partial charge in [0.25, 0.3) is 0 Å². The molecule has 0 radical (unpaired) electrons. The molecule has 4 heteroatoms. The molecular formula is C21H24N2O2. The Kier molecular flexibility index (Phi) is 5.17. The zero-order chi connectivity index (χ0) is 17.8. The van der Waals surface area contributed by atoms with Crippen molar-refractivity contribution in [3.05, 3.63) is 54.6 Å². The first-order chi connectivity index (χ1) is 12.1. The molecule has 1 aliphatic heterocycles. The molecule has 1 aliphatic rings. The van der Waals surface area contributed by atoms with Crippen LogP contribution in [0.2, 0.25) is 0 Å². The van der Waals surface area contributed by atoms with Crippen molar-refractivity contribution in [2.75, 3.05) is 11.9 Å². The highest BCUT2D eigenvalue weighted by Gasteiger charge is 2.34. The van der Waals surface area contributed by atoms with Crippen LogP contribution in [0.15, 0.2) is 54.6 Å². The number of likely N-dealkylation sites (tertiary alicyclic amines) is 1. The fraction of sp³-hybridized carbons (Fsp3) is 0.333. The Labute approximate surface area is 148 Å². The van der Waals surface area contributed by atoms with E-state index in [0.717, 1.165) is 29.7 Å². The lowest BCUT2D eigenvalue weighted by Crippen LogP contribution is -2.44. The van der Waals surface area contributed by atoms with Crippen LogP contribution < -0.4 is 5.32 Å². The van der Waals surface area contributed by atoms with Crippen LogP contribution in [0.4, 0.5) is 5.69 Å². The molecule has 1 saturated heterocycles. The van der Waals surface area contributed by atoms with Gasteiger partial charge in [-0.1, -0.05) is 56.3 Å². The second-order valence-corrected chi connectivity index (χ2v) is 6.78. The van der Waals surface area contributed by atoms with Gasteiger partial charge in [0.1, 0.15) is 6.04 Å². The van der Waals surface area contributed by atoms with Crippen LogP contribution in [-0.4, -0.2) is 29.3 Å². The number of anilines is 1. The maximum absolute atomic E-state index is 12.6. The van der Waals surface area contributed by atoms with Gasteiger partial charge >= 0.3 is 0 Å². The van der Waals surface area contributed by atoms with Gasteiger partial charge in [0.2, 0.25) is 11.8 Å². The van der Waals surface area contributed by atoms with Crippen molar-refractivity contribution in [3.8, 4) is 11.1 Å². The lowest BCUT2D eigenvalue weighted by molar-refractivity contribution is -0.139. The summed E-state index contributed by atoms with van der Waals surface area (Å²) in [5, 5.41) is 2.95. The third-order valence-corrected chi connectivity index (χ3v) is 4.59. The van der Waals surface area contributed by atoms with Crippen LogP contribution in [0.5, 0.6) is 0 Å². The van der Waals surface area contributed by atoms with E-state index in [9.17, 15) is 9.59 Å². The van der Waals surface area contributed by atoms with Gasteiger partial charge in [-0.05, 0) is 36.1 Å². The van der Waals surface area contributed by atoms with Gasteiger partial charge in [0, 0.05) is 18.2 Å². The standard InChI is InChI=1S/C21H24N2O2/c1-15(2)21(25)23-14-6-9-19(23)20(24)22-18-12-10-17(11-13-18)16-7-4-3-5-8-16/h3-5,7-8,10-13,15,19H,6,9,14H2,1-2H3,(H,22,24). The van der Waals surface area contributed by atoms with Gasteiger partial charge in [-0.25, -0.2) is 0 Å². The Balaban J connectivity index is 1.68. The average molecular weight is 336 g/mol. The number of amides is 2. The van der Waals surface area contributed by atoms with Gasteiger partial charge in [0.05, 0.1) is 0 Å². The summed E-state index contributed by atoms with van der Waals surface area (Å²) in [4.78, 5) is 26.6. The number of nitrogens with one attached hydrogen (secondary N) is 1. The fourth-order valence-corrected chi connectivity index (χ4v) is 3.24. The van der Waals surface area contributed by atoms with E-state index in [1.165, 1.54) is 0 Å². The smallest absolute Gasteiger partial charge is 0.247 e. The van der Waals surface area contributed by atoms with Gasteiger partial charge in [-0.3, -0.25) is 9.59 Å². The van der Waals surface area contributed by atoms with Crippen LogP contribution in [0.3, 0.4) is 0 Å². The van der Waals surface area contributed by atoms with Gasteiger partial charge in [-0.2, -0.15) is 0 Å². The monoisotopic (exact) mass is 336 g/mol. The van der Waals surface area contributed by atoms with Gasteiger partial charge in [0.15, 0.2) is 0 Å². The summed E-state index contributed by atoms with van der Waals surface area (Å²) in [5.74, 6) is -0.130. The lowest BCUT2D eigenvalue weighted by atomic mass is 10.1. The van der Waals surface area contributed by atoms with Crippen molar-refractivity contribution in [2.45, 2.75) is 32.7 Å². The topological polar surface area (TPSA) is 49.4 Å². The predicted octanol–water partition coefficient (Wildman–Crippen LogP) is 3.94. The molecule has 1 fully saturated rings. The number of hydrogen-bond donors (Lipinski definition) is 1. The summed E-state index contributed by atoms with van der Waals surface area (Å²) in [6.45, 7) is 4.41. The van der Waals surface area contributed by atoms with Crippen LogP contribution in [-0.2, 0) is 9.59 Å². The van der Waals surface area contributed by atoms with Crippen molar-refractivity contribution in [2.24, 2.45) is 5.92 Å². The first-order valence-corrected chi connectivity index (χ1v) is 8.83. The molecule has 2 aromatic carbocycles. The third kappa shape index (κ3) is 3.90. The summed E-state index contributed by atoms with van der Waals surface area (Å²) in [6, 6.07) is 17.6. The van der Waals surface area contributed by atoms with E-state index in [-0.39, 0.29) is 23.8 Å². The first-order valence-electron chi connectivity index (χ1n) is 8.83. The Morgan fingerprint density at radius 1 is 1.00 bits per heavy atom. The molecule has 1 atom stereocenters. The minimum atomic E-state index is -0.358. The molecule has 1 N–H and O–H groups in total. The maximum atomic E-state index is 12.6. The SMILES string of the molecule is CC(C)C(=O)N1CCCC1C(=O)Nc1ccc(-c2ccccc2)cc1. The maximum Gasteiger partial charge on any atom is 0.247 e. The molecule has 1 unspecified atom stereocenters. The second kappa shape index (κ2) is 7.51. The molecule has 25 heavy (non-hydrogen) atoms. The van der Waals surface area contributed by atoms with E-state index in [1.807, 2.05) is 56.3 Å². The highest BCUT2D eigenvalue weighted by atomic mass is 16.2. The minimum absolute atomic E-state index is 0.0528. The highest BCUT2D eigenvalue weighted by Crippen LogP contribution is 2.23. The van der Waals surface area contributed by atoms with Gasteiger partial charge in [-0.15, -0.1) is 0 Å². The van der Waals surface area contributed by atoms with Gasteiger partial charge < -0.3 is 10.2 Å². The molecule has 1 heterocycles. The largest absolute Gasteiger partial charge is 0.330 e. The zero-order valence-corrected chi connectivity index (χ0v) is 14.7.